The van der Waals surface area contributed by atoms with Gasteiger partial charge in [-0.2, -0.15) is 0 Å². The summed E-state index contributed by atoms with van der Waals surface area (Å²) < 4.78 is 20.9. The van der Waals surface area contributed by atoms with Crippen molar-refractivity contribution >= 4 is 30.6 Å². The minimum atomic E-state index is -1.14. The first-order valence-electron chi connectivity index (χ1n) is 10.0. The Balaban J connectivity index is 1.58. The summed E-state index contributed by atoms with van der Waals surface area (Å²) in [4.78, 5) is 4.71. The van der Waals surface area contributed by atoms with Crippen LogP contribution in [-0.4, -0.2) is 14.0 Å². The summed E-state index contributed by atoms with van der Waals surface area (Å²) in [5.41, 5.74) is 3.50. The van der Waals surface area contributed by atoms with E-state index in [0.29, 0.717) is 11.8 Å². The number of nitrogens with zero attached hydrogens (tertiary/aromatic N) is 1. The van der Waals surface area contributed by atoms with Crippen molar-refractivity contribution in [2.24, 2.45) is 5.41 Å². The molecule has 0 bridgehead atoms. The lowest BCUT2D eigenvalue weighted by molar-refractivity contribution is 0.0865. The van der Waals surface area contributed by atoms with Gasteiger partial charge in [0.15, 0.2) is 9.04 Å². The average Bonchev–Trinajstić information content (AvgIpc) is 3.31. The molecule has 1 fully saturated rings. The first-order chi connectivity index (χ1) is 13.2. The number of halogens is 1. The molecule has 1 aliphatic rings. The molecule has 0 saturated heterocycles. The van der Waals surface area contributed by atoms with E-state index in [-0.39, 0.29) is 17.3 Å². The molecule has 3 atom stereocenters. The molecule has 1 aliphatic carbocycles. The van der Waals surface area contributed by atoms with Crippen molar-refractivity contribution in [1.82, 2.24) is 4.98 Å². The molecule has 4 rings (SSSR count). The van der Waals surface area contributed by atoms with Crippen molar-refractivity contribution in [2.75, 3.05) is 0 Å². The van der Waals surface area contributed by atoms with Crippen molar-refractivity contribution in [3.63, 3.8) is 0 Å². The zero-order chi connectivity index (χ0) is 20.1. The fourth-order valence-corrected chi connectivity index (χ4v) is 6.16. The Kier molecular flexibility index (Phi) is 5.19. The van der Waals surface area contributed by atoms with Crippen LogP contribution in [0.5, 0.6) is 0 Å². The van der Waals surface area contributed by atoms with Crippen LogP contribution < -0.4 is 0 Å². The van der Waals surface area contributed by atoms with Gasteiger partial charge in [-0.05, 0) is 54.1 Å². The van der Waals surface area contributed by atoms with E-state index < -0.39 is 9.04 Å². The van der Waals surface area contributed by atoms with E-state index in [1.165, 1.54) is 23.3 Å². The summed E-state index contributed by atoms with van der Waals surface area (Å²) in [6.07, 6.45) is 1.24. The molecule has 0 amide bonds. The summed E-state index contributed by atoms with van der Waals surface area (Å²) >= 11 is 1.70. The molecule has 0 N–H and O–H groups in total. The van der Waals surface area contributed by atoms with Crippen LogP contribution in [0.4, 0.5) is 4.39 Å². The van der Waals surface area contributed by atoms with E-state index in [0.717, 1.165) is 21.6 Å². The van der Waals surface area contributed by atoms with Crippen LogP contribution in [0.15, 0.2) is 42.5 Å². The molecular formula is C23H28FNOSSi. The van der Waals surface area contributed by atoms with Crippen molar-refractivity contribution in [2.45, 2.75) is 58.2 Å². The molecule has 3 unspecified atom stereocenters. The summed E-state index contributed by atoms with van der Waals surface area (Å²) in [5.74, 6) is 0.734. The van der Waals surface area contributed by atoms with E-state index in [4.69, 9.17) is 9.41 Å². The Morgan fingerprint density at radius 2 is 1.93 bits per heavy atom. The molecule has 1 heterocycles. The third kappa shape index (κ3) is 4.07. The Morgan fingerprint density at radius 1 is 1.14 bits per heavy atom. The van der Waals surface area contributed by atoms with Gasteiger partial charge in [-0.15, -0.1) is 11.3 Å². The maximum Gasteiger partial charge on any atom is 0.171 e. The quantitative estimate of drug-likeness (QED) is 0.429. The molecule has 1 aromatic heterocycles. The van der Waals surface area contributed by atoms with Gasteiger partial charge in [0.05, 0.1) is 21.3 Å². The van der Waals surface area contributed by atoms with Crippen LogP contribution in [0.3, 0.4) is 0 Å². The maximum atomic E-state index is 13.5. The number of hydrogen-bond acceptors (Lipinski definition) is 3. The second kappa shape index (κ2) is 7.36. The van der Waals surface area contributed by atoms with Crippen LogP contribution in [0.2, 0.25) is 13.1 Å². The lowest BCUT2D eigenvalue weighted by Crippen LogP contribution is -2.26. The second-order valence-corrected chi connectivity index (χ2v) is 12.6. The van der Waals surface area contributed by atoms with E-state index in [1.54, 1.807) is 11.3 Å². The van der Waals surface area contributed by atoms with Crippen LogP contribution in [0.25, 0.3) is 10.2 Å². The number of thiazole rings is 1. The van der Waals surface area contributed by atoms with Gasteiger partial charge in [-0.1, -0.05) is 45.0 Å². The predicted octanol–water partition coefficient (Wildman–Crippen LogP) is 6.79. The van der Waals surface area contributed by atoms with E-state index in [9.17, 15) is 4.39 Å². The third-order valence-electron chi connectivity index (χ3n) is 5.31. The topological polar surface area (TPSA) is 22.1 Å². The highest BCUT2D eigenvalue weighted by molar-refractivity contribution is 7.18. The largest absolute Gasteiger partial charge is 0.413 e. The Morgan fingerprint density at radius 3 is 2.64 bits per heavy atom. The number of fused-ring (bicyclic) bond motifs is 1. The smallest absolute Gasteiger partial charge is 0.171 e. The molecule has 0 aliphatic heterocycles. The predicted molar refractivity (Wildman–Crippen MR) is 118 cm³/mol. The number of benzene rings is 2. The lowest BCUT2D eigenvalue weighted by Gasteiger charge is -2.33. The third-order valence-corrected chi connectivity index (χ3v) is 7.29. The Hall–Kier alpha value is -1.56. The first kappa shape index (κ1) is 19.7. The SMILES string of the molecule is C[SiH](C)OC(c1cccc(C2CC2c2nc3cc(F)ccc3s2)c1)C(C)(C)C. The highest BCUT2D eigenvalue weighted by Gasteiger charge is 2.42. The Bertz CT molecular complexity index is 994. The molecule has 0 spiro atoms. The first-order valence-corrected chi connectivity index (χ1v) is 13.6. The van der Waals surface area contributed by atoms with Gasteiger partial charge in [-0.25, -0.2) is 9.37 Å². The molecule has 5 heteroatoms. The lowest BCUT2D eigenvalue weighted by atomic mass is 9.84. The monoisotopic (exact) mass is 413 g/mol. The molecule has 1 saturated carbocycles. The summed E-state index contributed by atoms with van der Waals surface area (Å²) in [6.45, 7) is 11.2. The fourth-order valence-electron chi connectivity index (χ4n) is 3.92. The standard InChI is InChI=1S/C23H28FNOSSi/c1-23(2,3)21(26-28(4)5)15-8-6-7-14(11-15)17-13-18(17)22-25-19-12-16(24)9-10-20(19)27-22/h6-12,17-18,21,28H,13H2,1-5H3. The molecule has 2 aromatic carbocycles. The highest BCUT2D eigenvalue weighted by Crippen LogP contribution is 2.56. The van der Waals surface area contributed by atoms with E-state index in [2.05, 4.69) is 58.1 Å². The zero-order valence-corrected chi connectivity index (χ0v) is 19.2. The normalized spacial score (nSPS) is 20.7. The van der Waals surface area contributed by atoms with Crippen molar-refractivity contribution in [3.8, 4) is 0 Å². The van der Waals surface area contributed by atoms with Crippen molar-refractivity contribution < 1.29 is 8.82 Å². The van der Waals surface area contributed by atoms with Gasteiger partial charge >= 0.3 is 0 Å². The molecule has 0 radical (unpaired) electrons. The number of aromatic nitrogens is 1. The van der Waals surface area contributed by atoms with E-state index in [1.807, 2.05) is 6.07 Å². The Labute approximate surface area is 172 Å². The number of rotatable bonds is 5. The average molecular weight is 414 g/mol. The van der Waals surface area contributed by atoms with Gasteiger partial charge in [0, 0.05) is 12.0 Å². The summed E-state index contributed by atoms with van der Waals surface area (Å²) in [5, 5.41) is 1.13. The fraction of sp³-hybridized carbons (Fsp3) is 0.435. The van der Waals surface area contributed by atoms with Crippen molar-refractivity contribution in [3.05, 3.63) is 64.4 Å². The summed E-state index contributed by atoms with van der Waals surface area (Å²) in [6, 6.07) is 13.8. The molecular weight excluding hydrogens is 385 g/mol. The van der Waals surface area contributed by atoms with Crippen LogP contribution in [-0.2, 0) is 4.43 Å². The van der Waals surface area contributed by atoms with Crippen LogP contribution in [0, 0.1) is 11.2 Å². The molecule has 3 aromatic rings. The van der Waals surface area contributed by atoms with Gasteiger partial charge in [0.25, 0.3) is 0 Å². The zero-order valence-electron chi connectivity index (χ0n) is 17.2. The minimum Gasteiger partial charge on any atom is -0.413 e. The summed E-state index contributed by atoms with van der Waals surface area (Å²) in [7, 11) is -1.14. The minimum absolute atomic E-state index is 0.0654. The molecule has 148 valence electrons. The van der Waals surface area contributed by atoms with Crippen molar-refractivity contribution in [1.29, 1.82) is 0 Å². The van der Waals surface area contributed by atoms with Gasteiger partial charge < -0.3 is 4.43 Å². The molecule has 2 nitrogen and oxygen atoms in total. The van der Waals surface area contributed by atoms with Crippen LogP contribution >= 0.6 is 11.3 Å². The second-order valence-electron chi connectivity index (χ2n) is 9.21. The van der Waals surface area contributed by atoms with Crippen LogP contribution in [0.1, 0.15) is 61.3 Å². The highest BCUT2D eigenvalue weighted by atomic mass is 32.1. The van der Waals surface area contributed by atoms with Gasteiger partial charge in [0.1, 0.15) is 5.82 Å². The maximum absolute atomic E-state index is 13.5. The molecule has 28 heavy (non-hydrogen) atoms. The van der Waals surface area contributed by atoms with Gasteiger partial charge in [-0.3, -0.25) is 0 Å². The van der Waals surface area contributed by atoms with E-state index >= 15 is 0 Å². The number of hydrogen-bond donors (Lipinski definition) is 0. The van der Waals surface area contributed by atoms with Gasteiger partial charge in [0.2, 0.25) is 0 Å².